The van der Waals surface area contributed by atoms with Gasteiger partial charge in [0.2, 0.25) is 0 Å². The number of rotatable bonds is 2. The lowest BCUT2D eigenvalue weighted by Gasteiger charge is -2.37. The zero-order valence-electron chi connectivity index (χ0n) is 10.4. The molecule has 2 N–H and O–H groups in total. The number of anilines is 1. The van der Waals surface area contributed by atoms with Crippen LogP contribution in [0.15, 0.2) is 18.2 Å². The maximum Gasteiger partial charge on any atom is 0.129 e. The molecule has 1 aromatic rings. The lowest BCUT2D eigenvalue weighted by Crippen LogP contribution is -2.42. The van der Waals surface area contributed by atoms with Gasteiger partial charge in [-0.15, -0.1) is 0 Å². The zero-order chi connectivity index (χ0) is 12.5. The fraction of sp³-hybridized carbons (Fsp3) is 0.538. The van der Waals surface area contributed by atoms with Gasteiger partial charge in [0.1, 0.15) is 5.82 Å². The van der Waals surface area contributed by atoms with Gasteiger partial charge in [-0.25, -0.2) is 4.39 Å². The lowest BCUT2D eigenvalue weighted by molar-refractivity contribution is 0.250. The van der Waals surface area contributed by atoms with Crippen LogP contribution in [0.25, 0.3) is 0 Å². The molecule has 0 saturated carbocycles. The summed E-state index contributed by atoms with van der Waals surface area (Å²) in [5, 5.41) is 0. The van der Waals surface area contributed by atoms with Crippen LogP contribution in [0.1, 0.15) is 19.4 Å². The van der Waals surface area contributed by atoms with Gasteiger partial charge in [-0.3, -0.25) is 4.90 Å². The summed E-state index contributed by atoms with van der Waals surface area (Å²) < 4.78 is 13.9. The average molecular weight is 254 g/mol. The lowest BCUT2D eigenvalue weighted by atomic mass is 10.1. The van der Waals surface area contributed by atoms with Crippen molar-refractivity contribution in [3.8, 4) is 0 Å². The van der Waals surface area contributed by atoms with E-state index in [4.69, 9.17) is 5.73 Å². The fourth-order valence-corrected chi connectivity index (χ4v) is 3.39. The highest BCUT2D eigenvalue weighted by molar-refractivity contribution is 8.00. The molecule has 0 aliphatic carbocycles. The minimum Gasteiger partial charge on any atom is -0.398 e. The Balaban J connectivity index is 2.10. The molecule has 2 rings (SSSR count). The van der Waals surface area contributed by atoms with Crippen molar-refractivity contribution >= 4 is 17.4 Å². The van der Waals surface area contributed by atoms with E-state index in [1.807, 2.05) is 11.8 Å². The van der Waals surface area contributed by atoms with Crippen LogP contribution in [0.4, 0.5) is 10.1 Å². The van der Waals surface area contributed by atoms with Gasteiger partial charge in [0.15, 0.2) is 0 Å². The normalized spacial score (nSPS) is 20.4. The second kappa shape index (κ2) is 4.86. The first-order valence-corrected chi connectivity index (χ1v) is 6.86. The maximum absolute atomic E-state index is 13.7. The summed E-state index contributed by atoms with van der Waals surface area (Å²) >= 11 is 1.98. The monoisotopic (exact) mass is 254 g/mol. The smallest absolute Gasteiger partial charge is 0.129 e. The van der Waals surface area contributed by atoms with Crippen molar-refractivity contribution in [2.75, 3.05) is 24.6 Å². The van der Waals surface area contributed by atoms with E-state index in [1.165, 1.54) is 6.07 Å². The van der Waals surface area contributed by atoms with E-state index in [1.54, 1.807) is 12.1 Å². The first kappa shape index (κ1) is 12.7. The molecule has 0 unspecified atom stereocenters. The molecule has 1 saturated heterocycles. The van der Waals surface area contributed by atoms with Crippen LogP contribution in [0, 0.1) is 5.82 Å². The molecule has 1 aliphatic rings. The number of nitrogens with zero attached hydrogens (tertiary/aromatic N) is 1. The summed E-state index contributed by atoms with van der Waals surface area (Å²) in [6.07, 6.45) is 0. The number of nitrogen functional groups attached to an aromatic ring is 1. The predicted octanol–water partition coefficient (Wildman–Crippen LogP) is 2.74. The third-order valence-corrected chi connectivity index (χ3v) is 4.34. The van der Waals surface area contributed by atoms with E-state index in [0.29, 0.717) is 17.8 Å². The highest BCUT2D eigenvalue weighted by Crippen LogP contribution is 2.31. The van der Waals surface area contributed by atoms with E-state index < -0.39 is 0 Å². The Morgan fingerprint density at radius 3 is 2.88 bits per heavy atom. The summed E-state index contributed by atoms with van der Waals surface area (Å²) in [5.41, 5.74) is 7.03. The first-order chi connectivity index (χ1) is 7.98. The number of halogens is 1. The molecule has 0 bridgehead atoms. The van der Waals surface area contributed by atoms with Crippen molar-refractivity contribution in [2.24, 2.45) is 0 Å². The van der Waals surface area contributed by atoms with Gasteiger partial charge >= 0.3 is 0 Å². The Bertz CT molecular complexity index is 386. The van der Waals surface area contributed by atoms with Crippen molar-refractivity contribution in [1.82, 2.24) is 4.90 Å². The van der Waals surface area contributed by atoms with Crippen LogP contribution >= 0.6 is 11.8 Å². The van der Waals surface area contributed by atoms with Crippen LogP contribution in [0.3, 0.4) is 0 Å². The Kier molecular flexibility index (Phi) is 3.64. The second-order valence-electron chi connectivity index (χ2n) is 5.13. The highest BCUT2D eigenvalue weighted by Gasteiger charge is 2.27. The molecule has 4 heteroatoms. The summed E-state index contributed by atoms with van der Waals surface area (Å²) in [6.45, 7) is 7.05. The van der Waals surface area contributed by atoms with Crippen LogP contribution in [0.2, 0.25) is 0 Å². The van der Waals surface area contributed by atoms with E-state index in [-0.39, 0.29) is 10.6 Å². The Labute approximate surface area is 106 Å². The maximum atomic E-state index is 13.7. The Hall–Kier alpha value is -0.740. The molecule has 0 spiro atoms. The number of benzene rings is 1. The SMILES string of the molecule is CC1(C)CN(Cc2c(N)cccc2F)CCS1. The third-order valence-electron chi connectivity index (χ3n) is 3.04. The van der Waals surface area contributed by atoms with E-state index in [9.17, 15) is 4.39 Å². The molecule has 17 heavy (non-hydrogen) atoms. The molecule has 94 valence electrons. The third kappa shape index (κ3) is 3.13. The first-order valence-electron chi connectivity index (χ1n) is 5.87. The van der Waals surface area contributed by atoms with Crippen LogP contribution in [0.5, 0.6) is 0 Å². The molecular formula is C13H19FN2S. The van der Waals surface area contributed by atoms with Crippen molar-refractivity contribution < 1.29 is 4.39 Å². The van der Waals surface area contributed by atoms with Gasteiger partial charge in [-0.05, 0) is 26.0 Å². The summed E-state index contributed by atoms with van der Waals surface area (Å²) in [5.74, 6) is 0.905. The number of thioether (sulfide) groups is 1. The quantitative estimate of drug-likeness (QED) is 0.823. The molecular weight excluding hydrogens is 235 g/mol. The molecule has 0 amide bonds. The standard InChI is InChI=1S/C13H19FN2S/c1-13(2)9-16(6-7-17-13)8-10-11(14)4-3-5-12(10)15/h3-5H,6-9,15H2,1-2H3. The van der Waals surface area contributed by atoms with E-state index >= 15 is 0 Å². The van der Waals surface area contributed by atoms with E-state index in [0.717, 1.165) is 18.8 Å². The van der Waals surface area contributed by atoms with Crippen LogP contribution < -0.4 is 5.73 Å². The van der Waals surface area contributed by atoms with Gasteiger partial charge in [-0.2, -0.15) is 11.8 Å². The van der Waals surface area contributed by atoms with Crippen molar-refractivity contribution in [3.05, 3.63) is 29.6 Å². The largest absolute Gasteiger partial charge is 0.398 e. The van der Waals surface area contributed by atoms with Gasteiger partial charge in [0, 0.05) is 41.4 Å². The highest BCUT2D eigenvalue weighted by atomic mass is 32.2. The second-order valence-corrected chi connectivity index (χ2v) is 6.93. The Morgan fingerprint density at radius 2 is 2.24 bits per heavy atom. The minimum atomic E-state index is -0.193. The van der Waals surface area contributed by atoms with Crippen molar-refractivity contribution in [3.63, 3.8) is 0 Å². The average Bonchev–Trinajstić information content (AvgIpc) is 2.22. The molecule has 0 aromatic heterocycles. The van der Waals surface area contributed by atoms with Crippen LogP contribution in [-0.2, 0) is 6.54 Å². The number of hydrogen-bond donors (Lipinski definition) is 1. The van der Waals surface area contributed by atoms with Crippen molar-refractivity contribution in [1.29, 1.82) is 0 Å². The molecule has 1 aromatic carbocycles. The summed E-state index contributed by atoms with van der Waals surface area (Å²) in [7, 11) is 0. The van der Waals surface area contributed by atoms with E-state index in [2.05, 4.69) is 18.7 Å². The van der Waals surface area contributed by atoms with Crippen molar-refractivity contribution in [2.45, 2.75) is 25.1 Å². The topological polar surface area (TPSA) is 29.3 Å². The fourth-order valence-electron chi connectivity index (χ4n) is 2.21. The summed E-state index contributed by atoms with van der Waals surface area (Å²) in [6, 6.07) is 4.90. The Morgan fingerprint density at radius 1 is 1.47 bits per heavy atom. The minimum absolute atomic E-state index is 0.193. The van der Waals surface area contributed by atoms with Gasteiger partial charge in [-0.1, -0.05) is 6.07 Å². The van der Waals surface area contributed by atoms with Gasteiger partial charge in [0.25, 0.3) is 0 Å². The molecule has 1 heterocycles. The zero-order valence-corrected chi connectivity index (χ0v) is 11.2. The molecule has 1 aliphatic heterocycles. The summed E-state index contributed by atoms with van der Waals surface area (Å²) in [4.78, 5) is 2.28. The molecule has 0 atom stereocenters. The predicted molar refractivity (Wildman–Crippen MR) is 72.6 cm³/mol. The van der Waals surface area contributed by atoms with Gasteiger partial charge in [0.05, 0.1) is 0 Å². The number of hydrogen-bond acceptors (Lipinski definition) is 3. The number of nitrogens with two attached hydrogens (primary N) is 1. The molecule has 2 nitrogen and oxygen atoms in total. The molecule has 1 fully saturated rings. The van der Waals surface area contributed by atoms with Gasteiger partial charge < -0.3 is 5.73 Å². The van der Waals surface area contributed by atoms with Crippen LogP contribution in [-0.4, -0.2) is 28.5 Å². The molecule has 0 radical (unpaired) electrons.